The number of imidazole rings is 1. The Hall–Kier alpha value is -2.30. The molecule has 0 bridgehead atoms. The molecular formula is C15H22N4O5S. The summed E-state index contributed by atoms with van der Waals surface area (Å²) in [5.74, 6) is -0.773. The third-order valence-electron chi connectivity index (χ3n) is 3.13. The van der Waals surface area contributed by atoms with Gasteiger partial charge in [-0.2, -0.15) is 0 Å². The number of carboxylic acids is 2. The zero-order valence-electron chi connectivity index (χ0n) is 14.0. The molecule has 0 spiro atoms. The number of hydrogen-bond donors (Lipinski definition) is 4. The molecule has 138 valence electrons. The number of hydrogen-bond acceptors (Lipinski definition) is 7. The van der Waals surface area contributed by atoms with E-state index in [1.54, 1.807) is 6.20 Å². The quantitative estimate of drug-likeness (QED) is 0.616. The van der Waals surface area contributed by atoms with Crippen LogP contribution in [-0.2, 0) is 9.59 Å². The summed E-state index contributed by atoms with van der Waals surface area (Å²) in [6, 6.07) is 0.105. The van der Waals surface area contributed by atoms with Gasteiger partial charge in [-0.15, -0.1) is 0 Å². The largest absolute Gasteiger partial charge is 0.481 e. The molecule has 0 aliphatic carbocycles. The molecule has 4 N–H and O–H groups in total. The summed E-state index contributed by atoms with van der Waals surface area (Å²) >= 11 is 1.42. The molecule has 2 aromatic heterocycles. The van der Waals surface area contributed by atoms with Crippen molar-refractivity contribution in [1.82, 2.24) is 19.2 Å². The molecule has 10 heteroatoms. The van der Waals surface area contributed by atoms with Crippen LogP contribution in [0.3, 0.4) is 0 Å². The number of aliphatic hydroxyl groups excluding tert-OH is 1. The smallest absolute Gasteiger partial charge is 0.300 e. The number of β-amino-alcohol motifs (C(OH)–C–C–N with tert-alkyl or cyclic N) is 1. The highest BCUT2D eigenvalue weighted by molar-refractivity contribution is 7.03. The zero-order chi connectivity index (χ0) is 18.8. The van der Waals surface area contributed by atoms with E-state index in [1.165, 1.54) is 11.5 Å². The van der Waals surface area contributed by atoms with Crippen molar-refractivity contribution in [3.8, 4) is 11.4 Å². The number of rotatable bonds is 2. The van der Waals surface area contributed by atoms with Crippen molar-refractivity contribution >= 4 is 23.5 Å². The highest BCUT2D eigenvalue weighted by Crippen LogP contribution is 2.26. The first-order chi connectivity index (χ1) is 11.8. The van der Waals surface area contributed by atoms with E-state index in [4.69, 9.17) is 19.8 Å². The molecule has 3 rings (SSSR count). The van der Waals surface area contributed by atoms with E-state index >= 15 is 0 Å². The minimum Gasteiger partial charge on any atom is -0.481 e. The summed E-state index contributed by atoms with van der Waals surface area (Å²) in [6.45, 7) is 3.74. The number of carboxylic acid groups (broad SMARTS) is 2. The van der Waals surface area contributed by atoms with Crippen molar-refractivity contribution in [1.29, 1.82) is 0 Å². The molecule has 0 saturated carbocycles. The Morgan fingerprint density at radius 2 is 1.96 bits per heavy atom. The zero-order valence-corrected chi connectivity index (χ0v) is 14.8. The molecule has 3 heterocycles. The van der Waals surface area contributed by atoms with Crippen molar-refractivity contribution in [3.05, 3.63) is 24.0 Å². The third-order valence-corrected chi connectivity index (χ3v) is 3.72. The lowest BCUT2D eigenvalue weighted by Crippen LogP contribution is -2.41. The molecule has 1 aliphatic heterocycles. The Bertz CT molecular complexity index is 639. The highest BCUT2D eigenvalue weighted by Gasteiger charge is 2.26. The van der Waals surface area contributed by atoms with E-state index in [0.29, 0.717) is 6.54 Å². The van der Waals surface area contributed by atoms with E-state index in [2.05, 4.69) is 19.2 Å². The predicted octanol–water partition coefficient (Wildman–Crippen LogP) is 1.08. The fourth-order valence-electron chi connectivity index (χ4n) is 2.27. The Kier molecular flexibility index (Phi) is 8.75. The van der Waals surface area contributed by atoms with Crippen LogP contribution in [0.15, 0.2) is 24.0 Å². The predicted molar refractivity (Wildman–Crippen MR) is 92.5 cm³/mol. The fraction of sp³-hybridized carbons (Fsp3) is 0.467. The molecule has 1 aliphatic rings. The first-order valence-electron chi connectivity index (χ1n) is 7.53. The SMILES string of the molecule is CC(=O)O.CC(=O)O.O[C@H]1CNCC[C@@H]1n1ccnc1-c1cnsc1. The maximum Gasteiger partial charge on any atom is 0.300 e. The molecule has 1 saturated heterocycles. The topological polar surface area (TPSA) is 138 Å². The number of aliphatic hydroxyl groups is 1. The summed E-state index contributed by atoms with van der Waals surface area (Å²) in [7, 11) is 0. The third kappa shape index (κ3) is 7.42. The number of nitrogens with zero attached hydrogens (tertiary/aromatic N) is 3. The van der Waals surface area contributed by atoms with Crippen LogP contribution in [0.25, 0.3) is 11.4 Å². The Morgan fingerprint density at radius 1 is 1.32 bits per heavy atom. The van der Waals surface area contributed by atoms with Crippen LogP contribution in [0.2, 0.25) is 0 Å². The van der Waals surface area contributed by atoms with E-state index in [9.17, 15) is 5.11 Å². The van der Waals surface area contributed by atoms with E-state index < -0.39 is 11.9 Å². The summed E-state index contributed by atoms with van der Waals surface area (Å²) in [4.78, 5) is 22.4. The van der Waals surface area contributed by atoms with Gasteiger partial charge in [-0.25, -0.2) is 9.36 Å². The fourth-order valence-corrected chi connectivity index (χ4v) is 2.79. The standard InChI is InChI=1S/C11H14N4OS.2C2H4O2/c16-10-6-12-2-1-9(10)15-4-3-13-11(15)8-5-14-17-7-8;2*1-2(3)4/h3-5,7,9-10,12,16H,1-2,6H2;2*1H3,(H,3,4)/t9-,10-;;/m0../s1. The maximum absolute atomic E-state index is 10.0. The van der Waals surface area contributed by atoms with Gasteiger partial charge in [0.15, 0.2) is 0 Å². The van der Waals surface area contributed by atoms with E-state index in [-0.39, 0.29) is 12.1 Å². The van der Waals surface area contributed by atoms with Gasteiger partial charge in [0.2, 0.25) is 0 Å². The average molecular weight is 370 g/mol. The van der Waals surface area contributed by atoms with Crippen LogP contribution in [0, 0.1) is 0 Å². The molecule has 0 unspecified atom stereocenters. The molecular weight excluding hydrogens is 348 g/mol. The van der Waals surface area contributed by atoms with Crippen molar-refractivity contribution < 1.29 is 24.9 Å². The van der Waals surface area contributed by atoms with Gasteiger partial charge in [-0.1, -0.05) is 0 Å². The average Bonchev–Trinajstić information content (AvgIpc) is 3.17. The van der Waals surface area contributed by atoms with Crippen LogP contribution >= 0.6 is 11.5 Å². The van der Waals surface area contributed by atoms with Crippen molar-refractivity contribution in [2.24, 2.45) is 0 Å². The molecule has 0 aromatic carbocycles. The van der Waals surface area contributed by atoms with Crippen molar-refractivity contribution in [3.63, 3.8) is 0 Å². The van der Waals surface area contributed by atoms with Gasteiger partial charge in [0.25, 0.3) is 11.9 Å². The van der Waals surface area contributed by atoms with Gasteiger partial charge in [0, 0.05) is 43.7 Å². The molecule has 2 aromatic rings. The van der Waals surface area contributed by atoms with Gasteiger partial charge in [-0.3, -0.25) is 9.59 Å². The van der Waals surface area contributed by atoms with Gasteiger partial charge >= 0.3 is 0 Å². The monoisotopic (exact) mass is 370 g/mol. The Balaban J connectivity index is 0.000000333. The summed E-state index contributed by atoms with van der Waals surface area (Å²) in [5.41, 5.74) is 1.02. The lowest BCUT2D eigenvalue weighted by Gasteiger charge is -2.30. The van der Waals surface area contributed by atoms with Crippen LogP contribution in [-0.4, -0.2) is 60.4 Å². The first-order valence-corrected chi connectivity index (χ1v) is 8.37. The number of aliphatic carboxylic acids is 2. The number of aromatic nitrogens is 3. The second-order valence-electron chi connectivity index (χ2n) is 5.24. The van der Waals surface area contributed by atoms with Crippen molar-refractivity contribution in [2.75, 3.05) is 13.1 Å². The summed E-state index contributed by atoms with van der Waals surface area (Å²) in [6.07, 6.45) is 6.09. The number of nitrogens with one attached hydrogen (secondary N) is 1. The molecule has 1 fully saturated rings. The Labute approximate surface area is 149 Å². The Morgan fingerprint density at radius 3 is 2.48 bits per heavy atom. The van der Waals surface area contributed by atoms with Gasteiger partial charge < -0.3 is 25.2 Å². The van der Waals surface area contributed by atoms with Crippen molar-refractivity contribution in [2.45, 2.75) is 32.4 Å². The van der Waals surface area contributed by atoms with Crippen LogP contribution in [0.1, 0.15) is 26.3 Å². The number of piperidine rings is 1. The molecule has 25 heavy (non-hydrogen) atoms. The van der Waals surface area contributed by atoms with Gasteiger partial charge in [0.05, 0.1) is 18.3 Å². The molecule has 0 radical (unpaired) electrons. The minimum atomic E-state index is -0.833. The molecule has 9 nitrogen and oxygen atoms in total. The lowest BCUT2D eigenvalue weighted by molar-refractivity contribution is -0.135. The first kappa shape index (κ1) is 20.7. The summed E-state index contributed by atoms with van der Waals surface area (Å²) < 4.78 is 6.16. The maximum atomic E-state index is 10.0. The summed E-state index contributed by atoms with van der Waals surface area (Å²) in [5, 5.41) is 30.0. The highest BCUT2D eigenvalue weighted by atomic mass is 32.1. The van der Waals surface area contributed by atoms with E-state index in [1.807, 2.05) is 17.8 Å². The molecule has 2 atom stereocenters. The molecule has 0 amide bonds. The van der Waals surface area contributed by atoms with Crippen LogP contribution in [0.5, 0.6) is 0 Å². The van der Waals surface area contributed by atoms with Gasteiger partial charge in [-0.05, 0) is 24.5 Å². The van der Waals surface area contributed by atoms with E-state index in [0.717, 1.165) is 38.2 Å². The van der Waals surface area contributed by atoms with Crippen LogP contribution in [0.4, 0.5) is 0 Å². The van der Waals surface area contributed by atoms with Gasteiger partial charge in [0.1, 0.15) is 5.82 Å². The lowest BCUT2D eigenvalue weighted by atomic mass is 10.0. The number of carbonyl (C=O) groups is 2. The van der Waals surface area contributed by atoms with Crippen LogP contribution < -0.4 is 5.32 Å². The minimum absolute atomic E-state index is 0.105. The second-order valence-corrected chi connectivity index (χ2v) is 5.89. The normalized spacial score (nSPS) is 19.0. The second kappa shape index (κ2) is 10.5.